The zero-order chi connectivity index (χ0) is 22.4. The monoisotopic (exact) mass is 416 g/mol. The van der Waals surface area contributed by atoms with E-state index < -0.39 is 47.7 Å². The van der Waals surface area contributed by atoms with E-state index in [-0.39, 0.29) is 17.3 Å². The molecule has 2 heterocycles. The number of epoxide rings is 1. The molecule has 0 unspecified atom stereocenters. The molecule has 6 atom stereocenters. The summed E-state index contributed by atoms with van der Waals surface area (Å²) in [5.74, 6) is -2.16. The Morgan fingerprint density at radius 2 is 1.77 bits per heavy atom. The lowest BCUT2D eigenvalue weighted by atomic mass is 9.82. The van der Waals surface area contributed by atoms with Crippen LogP contribution in [-0.2, 0) is 33.3 Å². The summed E-state index contributed by atoms with van der Waals surface area (Å²) < 4.78 is 22.8. The summed E-state index contributed by atoms with van der Waals surface area (Å²) in [6.07, 6.45) is 0.405. The van der Waals surface area contributed by atoms with Gasteiger partial charge in [-0.05, 0) is 39.3 Å². The fourth-order valence-corrected chi connectivity index (χ4v) is 3.95. The van der Waals surface area contributed by atoms with E-state index in [0.29, 0.717) is 24.0 Å². The summed E-state index contributed by atoms with van der Waals surface area (Å²) in [6.45, 7) is 18.0. The van der Waals surface area contributed by atoms with Crippen molar-refractivity contribution in [1.29, 1.82) is 0 Å². The van der Waals surface area contributed by atoms with Gasteiger partial charge in [-0.15, -0.1) is 0 Å². The van der Waals surface area contributed by atoms with Gasteiger partial charge in [0.2, 0.25) is 0 Å². The first-order chi connectivity index (χ1) is 13.9. The van der Waals surface area contributed by atoms with Crippen molar-refractivity contribution >= 4 is 17.9 Å². The van der Waals surface area contributed by atoms with Gasteiger partial charge in [0.1, 0.15) is 18.3 Å². The number of hydrogen-bond donors (Lipinski definition) is 0. The third-order valence-electron chi connectivity index (χ3n) is 5.87. The van der Waals surface area contributed by atoms with Gasteiger partial charge in [0, 0.05) is 29.6 Å². The van der Waals surface area contributed by atoms with E-state index in [0.717, 1.165) is 0 Å². The Morgan fingerprint density at radius 3 is 2.37 bits per heavy atom. The van der Waals surface area contributed by atoms with Crippen LogP contribution >= 0.6 is 0 Å². The molecule has 2 saturated heterocycles. The lowest BCUT2D eigenvalue weighted by Crippen LogP contribution is -2.38. The Balaban J connectivity index is 1.98. The van der Waals surface area contributed by atoms with Crippen molar-refractivity contribution < 1.29 is 33.3 Å². The maximum absolute atomic E-state index is 12.3. The van der Waals surface area contributed by atoms with Crippen LogP contribution in [0.2, 0.25) is 0 Å². The molecule has 7 nitrogen and oxygen atoms in total. The largest absolute Gasteiger partial charge is 0.458 e. The first-order valence-corrected chi connectivity index (χ1v) is 9.92. The lowest BCUT2D eigenvalue weighted by Gasteiger charge is -2.29. The highest BCUT2D eigenvalue weighted by Crippen LogP contribution is 2.48. The quantitative estimate of drug-likeness (QED) is 0.229. The zero-order valence-corrected chi connectivity index (χ0v) is 17.9. The Kier molecular flexibility index (Phi) is 5.78. The highest BCUT2D eigenvalue weighted by molar-refractivity contribution is 5.92. The van der Waals surface area contributed by atoms with Gasteiger partial charge in [0.15, 0.2) is 0 Å². The van der Waals surface area contributed by atoms with Crippen LogP contribution in [0.15, 0.2) is 48.1 Å². The average molecular weight is 416 g/mol. The van der Waals surface area contributed by atoms with Gasteiger partial charge in [0.25, 0.3) is 0 Å². The molecular weight excluding hydrogens is 388 g/mol. The van der Waals surface area contributed by atoms with E-state index in [4.69, 9.17) is 18.9 Å². The Hall–Kier alpha value is -2.67. The maximum atomic E-state index is 12.3. The number of esters is 3. The molecule has 7 heteroatoms. The minimum absolute atomic E-state index is 0.197. The van der Waals surface area contributed by atoms with Gasteiger partial charge in [-0.1, -0.05) is 19.7 Å². The summed E-state index contributed by atoms with van der Waals surface area (Å²) in [6, 6.07) is 0. The van der Waals surface area contributed by atoms with E-state index in [9.17, 15) is 14.4 Å². The second-order valence-electron chi connectivity index (χ2n) is 8.59. The number of fused-ring (bicyclic) bond motifs is 2. The van der Waals surface area contributed by atoms with Crippen molar-refractivity contribution in [1.82, 2.24) is 0 Å². The highest BCUT2D eigenvalue weighted by atomic mass is 16.6. The minimum Gasteiger partial charge on any atom is -0.458 e. The molecule has 3 rings (SSSR count). The molecule has 0 spiro atoms. The van der Waals surface area contributed by atoms with E-state index in [1.807, 2.05) is 6.92 Å². The van der Waals surface area contributed by atoms with Gasteiger partial charge in [-0.3, -0.25) is 0 Å². The first-order valence-electron chi connectivity index (χ1n) is 9.92. The molecule has 162 valence electrons. The Morgan fingerprint density at radius 1 is 1.17 bits per heavy atom. The number of carbonyl (C=O) groups is 3. The third kappa shape index (κ3) is 4.26. The zero-order valence-electron chi connectivity index (χ0n) is 17.9. The van der Waals surface area contributed by atoms with E-state index >= 15 is 0 Å². The highest BCUT2D eigenvalue weighted by Gasteiger charge is 2.58. The van der Waals surface area contributed by atoms with E-state index in [1.165, 1.54) is 0 Å². The van der Waals surface area contributed by atoms with Crippen molar-refractivity contribution in [3.8, 4) is 0 Å². The average Bonchev–Trinajstić information content (AvgIpc) is 3.18. The maximum Gasteiger partial charge on any atom is 0.334 e. The minimum atomic E-state index is -0.696. The van der Waals surface area contributed by atoms with Crippen molar-refractivity contribution in [2.45, 2.75) is 70.6 Å². The second kappa shape index (κ2) is 7.87. The smallest absolute Gasteiger partial charge is 0.334 e. The van der Waals surface area contributed by atoms with Crippen LogP contribution in [0, 0.1) is 5.92 Å². The van der Waals surface area contributed by atoms with Crippen LogP contribution in [0.4, 0.5) is 0 Å². The van der Waals surface area contributed by atoms with Gasteiger partial charge < -0.3 is 18.9 Å². The molecule has 2 fully saturated rings. The van der Waals surface area contributed by atoms with Crippen LogP contribution in [-0.4, -0.2) is 47.9 Å². The van der Waals surface area contributed by atoms with Gasteiger partial charge in [-0.25, -0.2) is 14.4 Å². The third-order valence-corrected chi connectivity index (χ3v) is 5.87. The predicted molar refractivity (Wildman–Crippen MR) is 108 cm³/mol. The normalized spacial score (nSPS) is 36.9. The van der Waals surface area contributed by atoms with Crippen molar-refractivity contribution in [2.24, 2.45) is 5.92 Å². The number of rotatable bonds is 4. The number of ether oxygens (including phenoxy) is 4. The molecule has 0 amide bonds. The number of carbonyl (C=O) groups excluding carboxylic acids is 3. The summed E-state index contributed by atoms with van der Waals surface area (Å²) in [4.78, 5) is 36.7. The molecular formula is C23H28O7. The molecule has 2 aliphatic heterocycles. The van der Waals surface area contributed by atoms with Gasteiger partial charge in [0.05, 0.1) is 17.6 Å². The molecule has 0 aromatic heterocycles. The summed E-state index contributed by atoms with van der Waals surface area (Å²) in [5.41, 5.74) is 0.912. The molecule has 0 aromatic rings. The fraction of sp³-hybridized carbons (Fsp3) is 0.522. The summed E-state index contributed by atoms with van der Waals surface area (Å²) in [5, 5.41) is 0. The molecule has 0 radical (unpaired) electrons. The van der Waals surface area contributed by atoms with Crippen LogP contribution < -0.4 is 0 Å². The molecule has 0 aromatic carbocycles. The summed E-state index contributed by atoms with van der Waals surface area (Å²) >= 11 is 0. The molecule has 0 N–H and O–H groups in total. The summed E-state index contributed by atoms with van der Waals surface area (Å²) in [7, 11) is 0. The molecule has 3 aliphatic rings. The Bertz CT molecular complexity index is 867. The molecule has 1 aliphatic carbocycles. The van der Waals surface area contributed by atoms with Crippen LogP contribution in [0.5, 0.6) is 0 Å². The van der Waals surface area contributed by atoms with Gasteiger partial charge >= 0.3 is 17.9 Å². The van der Waals surface area contributed by atoms with Crippen molar-refractivity contribution in [3.05, 3.63) is 48.1 Å². The van der Waals surface area contributed by atoms with Crippen LogP contribution in [0.3, 0.4) is 0 Å². The standard InChI is InChI=1S/C23H28O7/c1-11(2)20(24)27-15-9-18-23(7,30-18)10-17(29-21(25)12(3)4)19-14(6)22(26)28-16(19)8-13(15)5/h8,15-19H,1,3,6,9-10H2,2,4-5,7H3/b13-8-/t15-,16-,17+,18+,19-,23-/m0/s1. The SMILES string of the molecule is C=C(C)C(=O)O[C@H]1C[C@H]2O[C@@]2(C)C[C@@H](OC(=O)C(=C)C)[C@H]2C(=C)C(=O)O[C@H]2/C=C\1C. The van der Waals surface area contributed by atoms with Crippen molar-refractivity contribution in [3.63, 3.8) is 0 Å². The second-order valence-corrected chi connectivity index (χ2v) is 8.59. The van der Waals surface area contributed by atoms with Crippen LogP contribution in [0.25, 0.3) is 0 Å². The number of hydrogen-bond acceptors (Lipinski definition) is 7. The van der Waals surface area contributed by atoms with Gasteiger partial charge in [-0.2, -0.15) is 0 Å². The van der Waals surface area contributed by atoms with Crippen molar-refractivity contribution in [2.75, 3.05) is 0 Å². The van der Waals surface area contributed by atoms with E-state index in [1.54, 1.807) is 26.8 Å². The van der Waals surface area contributed by atoms with E-state index in [2.05, 4.69) is 19.7 Å². The topological polar surface area (TPSA) is 91.4 Å². The lowest BCUT2D eigenvalue weighted by molar-refractivity contribution is -0.149. The Labute approximate surface area is 176 Å². The molecule has 0 bridgehead atoms. The first kappa shape index (κ1) is 22.0. The predicted octanol–water partition coefficient (Wildman–Crippen LogP) is 2.96. The fourth-order valence-electron chi connectivity index (χ4n) is 3.95. The molecule has 30 heavy (non-hydrogen) atoms. The van der Waals surface area contributed by atoms with Crippen LogP contribution in [0.1, 0.15) is 40.5 Å². The molecule has 0 saturated carbocycles.